The Kier molecular flexibility index (Phi) is 10.4. The van der Waals surface area contributed by atoms with Crippen LogP contribution in [0.2, 0.25) is 0 Å². The predicted molar refractivity (Wildman–Crippen MR) is 159 cm³/mol. The fourth-order valence-electron chi connectivity index (χ4n) is 4.62. The van der Waals surface area contributed by atoms with E-state index in [1.165, 1.54) is 0 Å². The van der Waals surface area contributed by atoms with Gasteiger partial charge in [0, 0.05) is 19.3 Å². The van der Waals surface area contributed by atoms with Crippen LogP contribution < -0.4 is 16.4 Å². The Hall–Kier alpha value is -4.02. The van der Waals surface area contributed by atoms with E-state index in [4.69, 9.17) is 10.5 Å². The van der Waals surface area contributed by atoms with Crippen molar-refractivity contribution in [1.29, 1.82) is 0 Å². The number of nitrogens with one attached hydrogen (secondary N) is 2. The molecule has 10 nitrogen and oxygen atoms in total. The molecule has 1 aliphatic heterocycles. The summed E-state index contributed by atoms with van der Waals surface area (Å²) in [6, 6.07) is 18.0. The molecular formula is C31H42N6O4. The Morgan fingerprint density at radius 3 is 2.22 bits per heavy atom. The summed E-state index contributed by atoms with van der Waals surface area (Å²) in [5, 5.41) is 5.45. The van der Waals surface area contributed by atoms with Gasteiger partial charge in [-0.1, -0.05) is 68.1 Å². The topological polar surface area (TPSA) is 132 Å². The van der Waals surface area contributed by atoms with Crippen LogP contribution in [0.3, 0.4) is 0 Å². The highest BCUT2D eigenvalue weighted by Gasteiger charge is 2.41. The number of hydrogen-bond donors (Lipinski definition) is 3. The average Bonchev–Trinajstić information content (AvgIpc) is 3.65. The summed E-state index contributed by atoms with van der Waals surface area (Å²) >= 11 is 0. The molecule has 0 spiro atoms. The lowest BCUT2D eigenvalue weighted by Crippen LogP contribution is -2.56. The number of amides is 3. The van der Waals surface area contributed by atoms with E-state index < -0.39 is 28.9 Å². The molecular weight excluding hydrogens is 520 g/mol. The quantitative estimate of drug-likeness (QED) is 0.329. The van der Waals surface area contributed by atoms with Gasteiger partial charge in [-0.25, -0.2) is 4.98 Å². The summed E-state index contributed by atoms with van der Waals surface area (Å²) < 4.78 is 7.49. The molecule has 1 fully saturated rings. The predicted octanol–water partition coefficient (Wildman–Crippen LogP) is 3.28. The van der Waals surface area contributed by atoms with Crippen LogP contribution >= 0.6 is 0 Å². The summed E-state index contributed by atoms with van der Waals surface area (Å²) in [5.41, 5.74) is 5.46. The number of likely N-dealkylation sites (tertiary alicyclic amines) is 1. The fourth-order valence-corrected chi connectivity index (χ4v) is 4.62. The molecule has 4 rings (SSSR count). The molecule has 1 aromatic heterocycles. The fraction of sp³-hybridized carbons (Fsp3) is 0.419. The Balaban J connectivity index is 0.00000462. The van der Waals surface area contributed by atoms with E-state index in [-0.39, 0.29) is 32.4 Å². The first-order valence-corrected chi connectivity index (χ1v) is 13.5. The van der Waals surface area contributed by atoms with Gasteiger partial charge in [0.25, 0.3) is 11.8 Å². The van der Waals surface area contributed by atoms with Crippen molar-refractivity contribution in [3.63, 3.8) is 0 Å². The number of imidazole rings is 1. The first kappa shape index (κ1) is 31.5. The second-order valence-electron chi connectivity index (χ2n) is 10.8. The first-order chi connectivity index (χ1) is 19.1. The van der Waals surface area contributed by atoms with Crippen LogP contribution in [-0.2, 0) is 31.3 Å². The van der Waals surface area contributed by atoms with Gasteiger partial charge in [0.1, 0.15) is 11.6 Å². The van der Waals surface area contributed by atoms with Crippen molar-refractivity contribution < 1.29 is 19.1 Å². The van der Waals surface area contributed by atoms with Gasteiger partial charge in [-0.2, -0.15) is 0 Å². The molecule has 2 atom stereocenters. The number of carbonyl (C=O) groups is 3. The van der Waals surface area contributed by atoms with Gasteiger partial charge < -0.3 is 30.6 Å². The summed E-state index contributed by atoms with van der Waals surface area (Å²) in [7, 11) is 0. The Morgan fingerprint density at radius 2 is 1.61 bits per heavy atom. The smallest absolute Gasteiger partial charge is 0.253 e. The minimum atomic E-state index is -1.19. The molecule has 4 N–H and O–H groups in total. The zero-order valence-corrected chi connectivity index (χ0v) is 23.3. The second kappa shape index (κ2) is 13.6. The number of nitrogens with two attached hydrogens (primary N) is 1. The molecule has 1 unspecified atom stereocenters. The van der Waals surface area contributed by atoms with Gasteiger partial charge >= 0.3 is 0 Å². The highest BCUT2D eigenvalue weighted by molar-refractivity contribution is 5.98. The number of ether oxygens (including phenoxy) is 1. The maximum Gasteiger partial charge on any atom is 0.253 e. The molecule has 2 heterocycles. The van der Waals surface area contributed by atoms with Crippen molar-refractivity contribution in [1.82, 2.24) is 19.8 Å². The number of rotatable bonds is 11. The number of anilines is 1. The SMILES string of the molecule is C.CC(C)(N)C(=O)N[C@H](COCc1ccccc1)C(=O)Nc1cn(C(C)(C(=O)N2CCCC2)c2ccccc2)cn1. The summed E-state index contributed by atoms with van der Waals surface area (Å²) in [6.07, 6.45) is 5.12. The van der Waals surface area contributed by atoms with E-state index in [0.29, 0.717) is 13.1 Å². The van der Waals surface area contributed by atoms with Crippen molar-refractivity contribution in [3.05, 3.63) is 84.3 Å². The van der Waals surface area contributed by atoms with E-state index in [1.54, 1.807) is 30.9 Å². The lowest BCUT2D eigenvalue weighted by atomic mass is 9.90. The van der Waals surface area contributed by atoms with E-state index >= 15 is 0 Å². The van der Waals surface area contributed by atoms with Gasteiger partial charge in [-0.3, -0.25) is 14.4 Å². The third kappa shape index (κ3) is 7.59. The zero-order chi connectivity index (χ0) is 28.8. The molecule has 0 bridgehead atoms. The van der Waals surface area contributed by atoms with E-state index in [2.05, 4.69) is 15.6 Å². The van der Waals surface area contributed by atoms with Crippen molar-refractivity contribution in [2.45, 2.75) is 64.8 Å². The van der Waals surface area contributed by atoms with Gasteiger partial charge in [-0.15, -0.1) is 0 Å². The molecule has 10 heteroatoms. The van der Waals surface area contributed by atoms with Gasteiger partial charge in [0.2, 0.25) is 5.91 Å². The number of benzene rings is 2. The molecule has 2 aromatic carbocycles. The van der Waals surface area contributed by atoms with E-state index in [1.807, 2.05) is 72.5 Å². The van der Waals surface area contributed by atoms with Crippen LogP contribution in [0.25, 0.3) is 0 Å². The van der Waals surface area contributed by atoms with E-state index in [9.17, 15) is 14.4 Å². The summed E-state index contributed by atoms with van der Waals surface area (Å²) in [6.45, 7) is 6.60. The van der Waals surface area contributed by atoms with Crippen LogP contribution in [0, 0.1) is 0 Å². The average molecular weight is 563 g/mol. The van der Waals surface area contributed by atoms with Crippen LogP contribution in [0.5, 0.6) is 0 Å². The lowest BCUT2D eigenvalue weighted by Gasteiger charge is -2.34. The molecule has 220 valence electrons. The van der Waals surface area contributed by atoms with E-state index in [0.717, 1.165) is 24.0 Å². The molecule has 1 saturated heterocycles. The maximum atomic E-state index is 13.8. The van der Waals surface area contributed by atoms with Crippen LogP contribution in [0.4, 0.5) is 5.82 Å². The van der Waals surface area contributed by atoms with Gasteiger partial charge in [0.15, 0.2) is 5.82 Å². The molecule has 0 radical (unpaired) electrons. The van der Waals surface area contributed by atoms with Crippen LogP contribution in [0.1, 0.15) is 52.2 Å². The summed E-state index contributed by atoms with van der Waals surface area (Å²) in [5.74, 6) is -0.788. The molecule has 0 aliphatic carbocycles. The largest absolute Gasteiger partial charge is 0.374 e. The minimum Gasteiger partial charge on any atom is -0.374 e. The Labute approximate surface area is 242 Å². The normalized spacial score (nSPS) is 15.4. The molecule has 41 heavy (non-hydrogen) atoms. The van der Waals surface area contributed by atoms with Crippen molar-refractivity contribution in [2.75, 3.05) is 25.0 Å². The van der Waals surface area contributed by atoms with Crippen molar-refractivity contribution in [3.8, 4) is 0 Å². The number of carbonyl (C=O) groups excluding carboxylic acids is 3. The number of hydrogen-bond acceptors (Lipinski definition) is 6. The molecule has 1 aliphatic rings. The monoisotopic (exact) mass is 562 g/mol. The van der Waals surface area contributed by atoms with Gasteiger partial charge in [-0.05, 0) is 44.7 Å². The Bertz CT molecular complexity index is 1300. The minimum absolute atomic E-state index is 0. The highest BCUT2D eigenvalue weighted by atomic mass is 16.5. The zero-order valence-electron chi connectivity index (χ0n) is 23.3. The number of aromatic nitrogens is 2. The molecule has 0 saturated carbocycles. The van der Waals surface area contributed by atoms with Crippen molar-refractivity contribution in [2.24, 2.45) is 5.73 Å². The highest BCUT2D eigenvalue weighted by Crippen LogP contribution is 2.31. The second-order valence-corrected chi connectivity index (χ2v) is 10.8. The first-order valence-electron chi connectivity index (χ1n) is 13.5. The van der Waals surface area contributed by atoms with Gasteiger partial charge in [0.05, 0.1) is 25.1 Å². The third-order valence-electron chi connectivity index (χ3n) is 7.10. The molecule has 3 aromatic rings. The lowest BCUT2D eigenvalue weighted by molar-refractivity contribution is -0.137. The van der Waals surface area contributed by atoms with Crippen LogP contribution in [-0.4, -0.2) is 63.4 Å². The maximum absolute atomic E-state index is 13.8. The number of nitrogens with zero attached hydrogens (tertiary/aromatic N) is 3. The standard InChI is InChI=1S/C30H38N6O4.CH4/c1-29(2,31)27(38)33-24(20-40-19-22-12-6-4-7-13-22)26(37)34-25-18-36(21-32-25)30(3,23-14-8-5-9-15-23)28(39)35-16-10-11-17-35;/h4-9,12-15,18,21,24H,10-11,16-17,19-20,31H2,1-3H3,(H,33,38)(H,34,37);1H4/t24-,30?;/m1./s1. The summed E-state index contributed by atoms with van der Waals surface area (Å²) in [4.78, 5) is 46.0. The van der Waals surface area contributed by atoms with Crippen LogP contribution in [0.15, 0.2) is 73.2 Å². The molecule has 3 amide bonds. The third-order valence-corrected chi connectivity index (χ3v) is 7.10. The Morgan fingerprint density at radius 1 is 1.00 bits per heavy atom. The van der Waals surface area contributed by atoms with Crippen molar-refractivity contribution >= 4 is 23.5 Å².